The van der Waals surface area contributed by atoms with Gasteiger partial charge in [0.1, 0.15) is 5.60 Å². The van der Waals surface area contributed by atoms with Gasteiger partial charge < -0.3 is 9.84 Å². The van der Waals surface area contributed by atoms with E-state index in [1.165, 1.54) is 50.5 Å². The van der Waals surface area contributed by atoms with Gasteiger partial charge in [-0.15, -0.1) is 0 Å². The standard InChI is InChI=1S/C32H54O3/c1-20(2)10-9-11-21(3)25-12-13-26-28-24(29(34)35-30(4,5)6)19-22-18-23(33)14-16-31(22,7)27(28)15-17-32(25,26)8/h19-21,23-28,33H,9-18H2,1-8H3/t21-,23+,24?,25-,26+,27+,28+,31+,32-/m1/s1. The maximum absolute atomic E-state index is 13.7. The van der Waals surface area contributed by atoms with Crippen LogP contribution in [0.5, 0.6) is 0 Å². The van der Waals surface area contributed by atoms with Crippen LogP contribution in [0, 0.1) is 52.3 Å². The second-order valence-corrected chi connectivity index (χ2v) is 14.9. The van der Waals surface area contributed by atoms with Crippen LogP contribution in [0.25, 0.3) is 0 Å². The number of esters is 1. The van der Waals surface area contributed by atoms with Crippen molar-refractivity contribution in [2.75, 3.05) is 0 Å². The number of aliphatic hydroxyl groups is 1. The first kappa shape index (κ1) is 27.2. The quantitative estimate of drug-likeness (QED) is 0.306. The molecule has 200 valence electrons. The number of fused-ring (bicyclic) bond motifs is 5. The van der Waals surface area contributed by atoms with Crippen molar-refractivity contribution >= 4 is 5.97 Å². The molecule has 3 fully saturated rings. The van der Waals surface area contributed by atoms with Crippen LogP contribution in [0.4, 0.5) is 0 Å². The normalized spacial score (nSPS) is 42.1. The molecule has 9 atom stereocenters. The molecular formula is C32H54O3. The average Bonchev–Trinajstić information content (AvgIpc) is 3.09. The molecule has 0 aromatic heterocycles. The van der Waals surface area contributed by atoms with Crippen LogP contribution in [0.2, 0.25) is 0 Å². The molecule has 0 aromatic rings. The third-order valence-electron chi connectivity index (χ3n) is 11.0. The molecule has 0 aromatic carbocycles. The summed E-state index contributed by atoms with van der Waals surface area (Å²) in [5.41, 5.74) is 1.33. The summed E-state index contributed by atoms with van der Waals surface area (Å²) >= 11 is 0. The van der Waals surface area contributed by atoms with E-state index in [0.717, 1.165) is 37.0 Å². The molecule has 3 saturated carbocycles. The van der Waals surface area contributed by atoms with E-state index < -0.39 is 5.60 Å². The maximum atomic E-state index is 13.7. The van der Waals surface area contributed by atoms with E-state index in [2.05, 4.69) is 40.7 Å². The molecule has 3 nitrogen and oxygen atoms in total. The Kier molecular flexibility index (Phi) is 7.62. The van der Waals surface area contributed by atoms with E-state index in [1.54, 1.807) is 0 Å². The van der Waals surface area contributed by atoms with Crippen LogP contribution in [-0.4, -0.2) is 22.8 Å². The largest absolute Gasteiger partial charge is 0.460 e. The van der Waals surface area contributed by atoms with E-state index in [0.29, 0.717) is 23.2 Å². The van der Waals surface area contributed by atoms with Crippen molar-refractivity contribution < 1.29 is 14.6 Å². The lowest BCUT2D eigenvalue weighted by atomic mass is 9.45. The summed E-state index contributed by atoms with van der Waals surface area (Å²) in [5.74, 6) is 3.63. The lowest BCUT2D eigenvalue weighted by Crippen LogP contribution is -2.55. The van der Waals surface area contributed by atoms with Gasteiger partial charge in [0.05, 0.1) is 12.0 Å². The van der Waals surface area contributed by atoms with Crippen molar-refractivity contribution in [3.8, 4) is 0 Å². The van der Waals surface area contributed by atoms with Crippen molar-refractivity contribution in [3.63, 3.8) is 0 Å². The summed E-state index contributed by atoms with van der Waals surface area (Å²) in [6, 6.07) is 0. The van der Waals surface area contributed by atoms with Crippen molar-refractivity contribution in [2.24, 2.45) is 52.3 Å². The fourth-order valence-corrected chi connectivity index (χ4v) is 9.28. The lowest BCUT2D eigenvalue weighted by molar-refractivity contribution is -0.167. The van der Waals surface area contributed by atoms with E-state index in [1.807, 2.05) is 20.8 Å². The highest BCUT2D eigenvalue weighted by Gasteiger charge is 2.62. The number of carbonyl (C=O) groups excluding carboxylic acids is 1. The van der Waals surface area contributed by atoms with E-state index in [-0.39, 0.29) is 23.4 Å². The molecule has 0 amide bonds. The smallest absolute Gasteiger partial charge is 0.313 e. The van der Waals surface area contributed by atoms with Gasteiger partial charge in [-0.2, -0.15) is 0 Å². The number of hydrogen-bond acceptors (Lipinski definition) is 3. The Hall–Kier alpha value is -0.830. The van der Waals surface area contributed by atoms with Gasteiger partial charge in [0.2, 0.25) is 0 Å². The summed E-state index contributed by atoms with van der Waals surface area (Å²) in [6.45, 7) is 18.2. The first-order valence-electron chi connectivity index (χ1n) is 14.9. The first-order chi connectivity index (χ1) is 16.3. The van der Waals surface area contributed by atoms with Gasteiger partial charge in [0.15, 0.2) is 0 Å². The molecule has 1 unspecified atom stereocenters. The first-order valence-corrected chi connectivity index (χ1v) is 14.9. The number of ether oxygens (including phenoxy) is 1. The molecule has 35 heavy (non-hydrogen) atoms. The summed E-state index contributed by atoms with van der Waals surface area (Å²) in [4.78, 5) is 13.7. The fraction of sp³-hybridized carbons (Fsp3) is 0.906. The van der Waals surface area contributed by atoms with Gasteiger partial charge in [0.25, 0.3) is 0 Å². The van der Waals surface area contributed by atoms with Crippen LogP contribution in [0.3, 0.4) is 0 Å². The fourth-order valence-electron chi connectivity index (χ4n) is 9.28. The monoisotopic (exact) mass is 486 g/mol. The highest BCUT2D eigenvalue weighted by molar-refractivity contribution is 5.76. The van der Waals surface area contributed by atoms with Crippen molar-refractivity contribution in [2.45, 2.75) is 131 Å². The van der Waals surface area contributed by atoms with Gasteiger partial charge in [0, 0.05) is 0 Å². The highest BCUT2D eigenvalue weighted by atomic mass is 16.6. The topological polar surface area (TPSA) is 46.5 Å². The van der Waals surface area contributed by atoms with Crippen LogP contribution < -0.4 is 0 Å². The zero-order valence-electron chi connectivity index (χ0n) is 24.0. The Morgan fingerprint density at radius 2 is 1.77 bits per heavy atom. The highest BCUT2D eigenvalue weighted by Crippen LogP contribution is 2.68. The predicted molar refractivity (Wildman–Crippen MR) is 144 cm³/mol. The molecule has 3 heteroatoms. The molecule has 4 aliphatic rings. The maximum Gasteiger partial charge on any atom is 0.313 e. The number of carbonyl (C=O) groups is 1. The SMILES string of the molecule is CC(C)CCC[C@@H](C)[C@H]1CC[C@H]2[C@@H]3C(C(=O)OC(C)(C)C)C=C4C[C@@H](O)CC[C@]4(C)[C@H]3CC[C@]12C. The van der Waals surface area contributed by atoms with E-state index in [4.69, 9.17) is 4.74 Å². The van der Waals surface area contributed by atoms with Crippen LogP contribution in [-0.2, 0) is 9.53 Å². The van der Waals surface area contributed by atoms with Gasteiger partial charge in [-0.1, -0.05) is 65.5 Å². The Morgan fingerprint density at radius 3 is 2.43 bits per heavy atom. The zero-order chi connectivity index (χ0) is 25.8. The van der Waals surface area contributed by atoms with Gasteiger partial charge >= 0.3 is 5.97 Å². The lowest BCUT2D eigenvalue weighted by Gasteiger charge is -2.60. The zero-order valence-corrected chi connectivity index (χ0v) is 24.0. The number of rotatable bonds is 6. The van der Waals surface area contributed by atoms with Crippen molar-refractivity contribution in [1.82, 2.24) is 0 Å². The second kappa shape index (κ2) is 9.80. The number of aliphatic hydroxyl groups excluding tert-OH is 1. The minimum absolute atomic E-state index is 0.0280. The summed E-state index contributed by atoms with van der Waals surface area (Å²) in [5, 5.41) is 10.5. The predicted octanol–water partition coefficient (Wildman–Crippen LogP) is 7.96. The minimum Gasteiger partial charge on any atom is -0.460 e. The summed E-state index contributed by atoms with van der Waals surface area (Å²) in [7, 11) is 0. The molecule has 4 aliphatic carbocycles. The molecule has 0 aliphatic heterocycles. The third kappa shape index (κ3) is 5.14. The molecule has 0 heterocycles. The van der Waals surface area contributed by atoms with Gasteiger partial charge in [-0.05, 0) is 112 Å². The molecule has 0 saturated heterocycles. The average molecular weight is 487 g/mol. The molecule has 0 radical (unpaired) electrons. The van der Waals surface area contributed by atoms with Crippen molar-refractivity contribution in [1.29, 1.82) is 0 Å². The Bertz CT molecular complexity index is 806. The molecule has 0 spiro atoms. The molecule has 4 rings (SSSR count). The third-order valence-corrected chi connectivity index (χ3v) is 11.0. The van der Waals surface area contributed by atoms with Crippen LogP contribution in [0.15, 0.2) is 11.6 Å². The summed E-state index contributed by atoms with van der Waals surface area (Å²) < 4.78 is 6.05. The van der Waals surface area contributed by atoms with Crippen molar-refractivity contribution in [3.05, 3.63) is 11.6 Å². The molecule has 1 N–H and O–H groups in total. The van der Waals surface area contributed by atoms with E-state index in [9.17, 15) is 9.90 Å². The van der Waals surface area contributed by atoms with Crippen LogP contribution in [0.1, 0.15) is 120 Å². The van der Waals surface area contributed by atoms with E-state index >= 15 is 0 Å². The molecular weight excluding hydrogens is 432 g/mol. The number of hydrogen-bond donors (Lipinski definition) is 1. The van der Waals surface area contributed by atoms with Gasteiger partial charge in [-0.3, -0.25) is 4.79 Å². The Morgan fingerprint density at radius 1 is 1.06 bits per heavy atom. The minimum atomic E-state index is -0.473. The van der Waals surface area contributed by atoms with Crippen LogP contribution >= 0.6 is 0 Å². The summed E-state index contributed by atoms with van der Waals surface area (Å²) in [6.07, 6.45) is 13.8. The molecule has 0 bridgehead atoms. The second-order valence-electron chi connectivity index (χ2n) is 14.9. The Balaban J connectivity index is 1.65. The Labute approximate surface area is 215 Å². The van der Waals surface area contributed by atoms with Gasteiger partial charge in [-0.25, -0.2) is 0 Å².